The summed E-state index contributed by atoms with van der Waals surface area (Å²) < 4.78 is 64.2. The largest absolute Gasteiger partial charge is 0.457 e. The topological polar surface area (TPSA) is 42.6 Å². The third-order valence-electron chi connectivity index (χ3n) is 2.93. The Labute approximate surface area is 113 Å². The summed E-state index contributed by atoms with van der Waals surface area (Å²) in [5.74, 6) is -5.04. The van der Waals surface area contributed by atoms with Crippen LogP contribution in [-0.4, -0.2) is 41.1 Å². The van der Waals surface area contributed by atoms with Crippen LogP contribution in [0.1, 0.15) is 32.6 Å². The van der Waals surface area contributed by atoms with Gasteiger partial charge in [-0.3, -0.25) is 5.01 Å². The fraction of sp³-hybridized carbons (Fsp3) is 0.818. The minimum atomic E-state index is -5.73. The smallest absolute Gasteiger partial charge is 0.265 e. The fourth-order valence-electron chi connectivity index (χ4n) is 1.86. The standard InChI is InChI=1S/C11H15F5N4/c1-2-3-4-5-6-20-9(19(7-17)8-18-20)10(12,13)11(14,15)16/h8-9H,2-6H2,1H3. The molecule has 0 fully saturated rings. The zero-order valence-corrected chi connectivity index (χ0v) is 10.9. The molecule has 0 bridgehead atoms. The molecule has 1 rings (SSSR count). The second-order valence-corrected chi connectivity index (χ2v) is 4.46. The summed E-state index contributed by atoms with van der Waals surface area (Å²) in [6.45, 7) is 1.90. The third-order valence-corrected chi connectivity index (χ3v) is 2.93. The highest BCUT2D eigenvalue weighted by atomic mass is 19.4. The van der Waals surface area contributed by atoms with Crippen molar-refractivity contribution in [1.29, 1.82) is 5.26 Å². The van der Waals surface area contributed by atoms with Crippen molar-refractivity contribution in [2.45, 2.75) is 50.9 Å². The van der Waals surface area contributed by atoms with E-state index in [4.69, 9.17) is 5.26 Å². The van der Waals surface area contributed by atoms with Gasteiger partial charge in [-0.2, -0.15) is 32.3 Å². The summed E-state index contributed by atoms with van der Waals surface area (Å²) in [6.07, 6.45) is -3.26. The Kier molecular flexibility index (Phi) is 5.14. The van der Waals surface area contributed by atoms with Crippen LogP contribution in [0, 0.1) is 11.5 Å². The van der Waals surface area contributed by atoms with E-state index >= 15 is 0 Å². The van der Waals surface area contributed by atoms with E-state index in [1.165, 1.54) is 6.19 Å². The molecule has 114 valence electrons. The highest BCUT2D eigenvalue weighted by molar-refractivity contribution is 5.59. The van der Waals surface area contributed by atoms with Crippen molar-refractivity contribution in [3.8, 4) is 6.19 Å². The predicted molar refractivity (Wildman–Crippen MR) is 61.6 cm³/mol. The first-order valence-corrected chi connectivity index (χ1v) is 6.19. The van der Waals surface area contributed by atoms with Crippen molar-refractivity contribution >= 4 is 6.34 Å². The molecule has 0 aliphatic carbocycles. The molecule has 0 spiro atoms. The maximum atomic E-state index is 13.5. The second-order valence-electron chi connectivity index (χ2n) is 4.46. The van der Waals surface area contributed by atoms with Gasteiger partial charge in [-0.15, -0.1) is 0 Å². The van der Waals surface area contributed by atoms with Crippen LogP contribution in [-0.2, 0) is 0 Å². The number of halogens is 5. The minimum absolute atomic E-state index is 0.0506. The average molecular weight is 298 g/mol. The van der Waals surface area contributed by atoms with Crippen molar-refractivity contribution in [1.82, 2.24) is 9.91 Å². The van der Waals surface area contributed by atoms with E-state index in [2.05, 4.69) is 5.10 Å². The van der Waals surface area contributed by atoms with Gasteiger partial charge in [-0.25, -0.2) is 4.90 Å². The van der Waals surface area contributed by atoms with Crippen molar-refractivity contribution in [3.63, 3.8) is 0 Å². The number of rotatable bonds is 6. The van der Waals surface area contributed by atoms with Gasteiger partial charge in [0.2, 0.25) is 6.17 Å². The Balaban J connectivity index is 2.80. The summed E-state index contributed by atoms with van der Waals surface area (Å²) in [5.41, 5.74) is 0. The van der Waals surface area contributed by atoms with Gasteiger partial charge in [0.15, 0.2) is 6.19 Å². The third kappa shape index (κ3) is 3.29. The molecule has 1 unspecified atom stereocenters. The number of hydrogen-bond donors (Lipinski definition) is 0. The van der Waals surface area contributed by atoms with Gasteiger partial charge in [0.1, 0.15) is 6.34 Å². The first-order chi connectivity index (χ1) is 9.25. The predicted octanol–water partition coefficient (Wildman–Crippen LogP) is 3.13. The molecule has 0 saturated carbocycles. The van der Waals surface area contributed by atoms with Gasteiger partial charge in [-0.05, 0) is 6.42 Å². The van der Waals surface area contributed by atoms with Crippen LogP contribution in [0.15, 0.2) is 5.10 Å². The highest BCUT2D eigenvalue weighted by Gasteiger charge is 2.67. The Bertz CT molecular complexity index is 387. The van der Waals surface area contributed by atoms with Crippen molar-refractivity contribution in [2.75, 3.05) is 6.54 Å². The quantitative estimate of drug-likeness (QED) is 0.430. The summed E-state index contributed by atoms with van der Waals surface area (Å²) in [6, 6.07) is 0. The molecule has 1 aliphatic rings. The Hall–Kier alpha value is -1.59. The van der Waals surface area contributed by atoms with Crippen molar-refractivity contribution in [2.24, 2.45) is 5.10 Å². The molecule has 0 aromatic carbocycles. The van der Waals surface area contributed by atoms with Crippen LogP contribution in [0.4, 0.5) is 22.0 Å². The number of hydrogen-bond acceptors (Lipinski definition) is 4. The molecule has 0 amide bonds. The maximum absolute atomic E-state index is 13.5. The molecule has 0 N–H and O–H groups in total. The van der Waals surface area contributed by atoms with Crippen molar-refractivity contribution < 1.29 is 22.0 Å². The van der Waals surface area contributed by atoms with Crippen molar-refractivity contribution in [3.05, 3.63) is 0 Å². The molecule has 1 heterocycles. The summed E-state index contributed by atoms with van der Waals surface area (Å²) in [7, 11) is 0. The summed E-state index contributed by atoms with van der Waals surface area (Å²) in [5, 5.41) is 12.8. The zero-order valence-electron chi connectivity index (χ0n) is 10.9. The van der Waals surface area contributed by atoms with Gasteiger partial charge in [-0.1, -0.05) is 26.2 Å². The van der Waals surface area contributed by atoms with E-state index < -0.39 is 18.3 Å². The normalized spacial score (nSPS) is 19.6. The first kappa shape index (κ1) is 16.5. The number of nitrogens with zero attached hydrogens (tertiary/aromatic N) is 4. The molecule has 0 aromatic heterocycles. The molecule has 4 nitrogen and oxygen atoms in total. The minimum Gasteiger partial charge on any atom is -0.265 e. The number of hydrazone groups is 1. The van der Waals surface area contributed by atoms with E-state index in [0.717, 1.165) is 12.8 Å². The van der Waals surface area contributed by atoms with E-state index in [1.807, 2.05) is 6.92 Å². The van der Waals surface area contributed by atoms with E-state index in [-0.39, 0.29) is 11.4 Å². The average Bonchev–Trinajstić information content (AvgIpc) is 2.76. The molecule has 20 heavy (non-hydrogen) atoms. The van der Waals surface area contributed by atoms with Crippen LogP contribution in [0.3, 0.4) is 0 Å². The molecule has 0 radical (unpaired) electrons. The first-order valence-electron chi connectivity index (χ1n) is 6.19. The Morgan fingerprint density at radius 3 is 2.35 bits per heavy atom. The van der Waals surface area contributed by atoms with Gasteiger partial charge in [0, 0.05) is 6.54 Å². The number of nitriles is 1. The van der Waals surface area contributed by atoms with Gasteiger partial charge in [0.05, 0.1) is 0 Å². The molecular formula is C11H15F5N4. The SMILES string of the molecule is CCCCCCN1N=CN(C#N)C1C(F)(F)C(F)(F)F. The van der Waals surface area contributed by atoms with E-state index in [1.54, 1.807) is 0 Å². The molecule has 1 atom stereocenters. The van der Waals surface area contributed by atoms with Crippen LogP contribution >= 0.6 is 0 Å². The van der Waals surface area contributed by atoms with E-state index in [9.17, 15) is 22.0 Å². The summed E-state index contributed by atoms with van der Waals surface area (Å²) in [4.78, 5) is 0.229. The second kappa shape index (κ2) is 6.24. The lowest BCUT2D eigenvalue weighted by Crippen LogP contribution is -2.58. The van der Waals surface area contributed by atoms with Gasteiger partial charge >= 0.3 is 12.1 Å². The van der Waals surface area contributed by atoms with Crippen LogP contribution in [0.5, 0.6) is 0 Å². The van der Waals surface area contributed by atoms with Gasteiger partial charge in [0.25, 0.3) is 0 Å². The number of unbranched alkanes of at least 4 members (excludes halogenated alkanes) is 3. The highest BCUT2D eigenvalue weighted by Crippen LogP contribution is 2.42. The molecule has 0 aromatic rings. The molecule has 9 heteroatoms. The Morgan fingerprint density at radius 1 is 1.20 bits per heavy atom. The molecule has 0 saturated heterocycles. The molecular weight excluding hydrogens is 283 g/mol. The lowest BCUT2D eigenvalue weighted by Gasteiger charge is -2.33. The van der Waals surface area contributed by atoms with Crippen LogP contribution in [0.2, 0.25) is 0 Å². The number of alkyl halides is 5. The monoisotopic (exact) mass is 298 g/mol. The molecule has 1 aliphatic heterocycles. The zero-order chi connectivity index (χ0) is 15.4. The summed E-state index contributed by atoms with van der Waals surface area (Å²) >= 11 is 0. The van der Waals surface area contributed by atoms with Crippen LogP contribution in [0.25, 0.3) is 0 Å². The van der Waals surface area contributed by atoms with Crippen LogP contribution < -0.4 is 0 Å². The maximum Gasteiger partial charge on any atom is 0.457 e. The van der Waals surface area contributed by atoms with E-state index in [0.29, 0.717) is 24.2 Å². The Morgan fingerprint density at radius 2 is 1.85 bits per heavy atom. The lowest BCUT2D eigenvalue weighted by atomic mass is 10.2. The van der Waals surface area contributed by atoms with Gasteiger partial charge < -0.3 is 0 Å². The lowest BCUT2D eigenvalue weighted by molar-refractivity contribution is -0.311. The fourth-order valence-corrected chi connectivity index (χ4v) is 1.86.